The van der Waals surface area contributed by atoms with Crippen LogP contribution in [0.2, 0.25) is 0 Å². The number of ether oxygens (including phenoxy) is 1. The van der Waals surface area contributed by atoms with Crippen molar-refractivity contribution >= 4 is 17.9 Å². The second kappa shape index (κ2) is 7.83. The Balaban J connectivity index is 1.95. The SMILES string of the molecule is CC(C)C1(C(=O)O/N=C(\N)C2CCC(F)(F)CC2)CN(C(=O)OC(C)(C)C)C1. The van der Waals surface area contributed by atoms with Gasteiger partial charge in [-0.3, -0.25) is 0 Å². The van der Waals surface area contributed by atoms with Crippen molar-refractivity contribution in [2.45, 2.75) is 71.8 Å². The summed E-state index contributed by atoms with van der Waals surface area (Å²) in [4.78, 5) is 31.3. The van der Waals surface area contributed by atoms with E-state index in [1.165, 1.54) is 4.90 Å². The average Bonchev–Trinajstić information content (AvgIpc) is 2.49. The molecule has 2 fully saturated rings. The van der Waals surface area contributed by atoms with Gasteiger partial charge in [-0.2, -0.15) is 0 Å². The first-order valence-electron chi connectivity index (χ1n) is 9.66. The number of rotatable bonds is 4. The number of oxime groups is 1. The third-order valence-corrected chi connectivity index (χ3v) is 5.48. The highest BCUT2D eigenvalue weighted by Crippen LogP contribution is 2.40. The summed E-state index contributed by atoms with van der Waals surface area (Å²) in [6.07, 6.45) is -0.559. The van der Waals surface area contributed by atoms with Gasteiger partial charge in [-0.15, -0.1) is 0 Å². The van der Waals surface area contributed by atoms with Crippen molar-refractivity contribution in [3.8, 4) is 0 Å². The lowest BCUT2D eigenvalue weighted by atomic mass is 9.71. The zero-order valence-electron chi connectivity index (χ0n) is 17.3. The first kappa shape index (κ1) is 22.4. The summed E-state index contributed by atoms with van der Waals surface area (Å²) < 4.78 is 31.8. The summed E-state index contributed by atoms with van der Waals surface area (Å²) in [6.45, 7) is 9.38. The topological polar surface area (TPSA) is 94.2 Å². The summed E-state index contributed by atoms with van der Waals surface area (Å²) in [5.41, 5.74) is 4.34. The molecule has 28 heavy (non-hydrogen) atoms. The third-order valence-electron chi connectivity index (χ3n) is 5.48. The minimum absolute atomic E-state index is 0.0612. The molecule has 1 heterocycles. The summed E-state index contributed by atoms with van der Waals surface area (Å²) in [7, 11) is 0. The van der Waals surface area contributed by atoms with Crippen molar-refractivity contribution in [1.29, 1.82) is 0 Å². The highest BCUT2D eigenvalue weighted by atomic mass is 19.3. The molecule has 1 amide bonds. The van der Waals surface area contributed by atoms with Gasteiger partial charge < -0.3 is 20.2 Å². The van der Waals surface area contributed by atoms with Gasteiger partial charge in [0.25, 0.3) is 0 Å². The molecule has 9 heteroatoms. The van der Waals surface area contributed by atoms with E-state index in [2.05, 4.69) is 5.16 Å². The molecule has 0 unspecified atom stereocenters. The molecule has 0 radical (unpaired) electrons. The lowest BCUT2D eigenvalue weighted by Crippen LogP contribution is -2.65. The van der Waals surface area contributed by atoms with E-state index in [0.29, 0.717) is 0 Å². The van der Waals surface area contributed by atoms with Gasteiger partial charge in [0.1, 0.15) is 16.9 Å². The van der Waals surface area contributed by atoms with E-state index in [4.69, 9.17) is 15.3 Å². The lowest BCUT2D eigenvalue weighted by molar-refractivity contribution is -0.171. The average molecular weight is 403 g/mol. The van der Waals surface area contributed by atoms with Crippen molar-refractivity contribution in [2.75, 3.05) is 13.1 Å². The number of hydrogen-bond donors (Lipinski definition) is 1. The summed E-state index contributed by atoms with van der Waals surface area (Å²) in [6, 6.07) is 0. The van der Waals surface area contributed by atoms with Crippen molar-refractivity contribution < 1.29 is 27.9 Å². The van der Waals surface area contributed by atoms with E-state index in [1.807, 2.05) is 13.8 Å². The van der Waals surface area contributed by atoms with Crippen LogP contribution in [0.5, 0.6) is 0 Å². The number of halogens is 2. The molecule has 1 saturated heterocycles. The second-order valence-corrected chi connectivity index (χ2v) is 9.17. The van der Waals surface area contributed by atoms with Crippen LogP contribution in [0.25, 0.3) is 0 Å². The van der Waals surface area contributed by atoms with Crippen molar-refractivity contribution in [3.63, 3.8) is 0 Å². The Bertz CT molecular complexity index is 628. The van der Waals surface area contributed by atoms with E-state index < -0.39 is 29.0 Å². The molecule has 1 aliphatic carbocycles. The van der Waals surface area contributed by atoms with Crippen LogP contribution in [-0.4, -0.2) is 47.4 Å². The molecular formula is C19H31F2N3O4. The maximum atomic E-state index is 13.3. The first-order chi connectivity index (χ1) is 12.8. The molecule has 0 aromatic carbocycles. The number of carbonyl (C=O) groups excluding carboxylic acids is 2. The summed E-state index contributed by atoms with van der Waals surface area (Å²) >= 11 is 0. The highest BCUT2D eigenvalue weighted by Gasteiger charge is 2.55. The Labute approximate surface area is 164 Å². The molecule has 160 valence electrons. The Hall–Kier alpha value is -1.93. The molecule has 0 aromatic rings. The van der Waals surface area contributed by atoms with E-state index in [-0.39, 0.29) is 56.4 Å². The zero-order chi connectivity index (χ0) is 21.3. The highest BCUT2D eigenvalue weighted by molar-refractivity contribution is 5.85. The standard InChI is InChI=1S/C19H31F2N3O4/c1-12(2)18(10-24(11-18)16(26)27-17(3,4)5)15(25)28-23-14(22)13-6-8-19(20,21)9-7-13/h12-13H,6-11H2,1-5H3,(H2,22,23). The second-order valence-electron chi connectivity index (χ2n) is 9.17. The zero-order valence-corrected chi connectivity index (χ0v) is 17.3. The number of alkyl halides is 2. The van der Waals surface area contributed by atoms with Crippen LogP contribution in [0.4, 0.5) is 13.6 Å². The molecule has 0 aromatic heterocycles. The molecule has 0 spiro atoms. The van der Waals surface area contributed by atoms with Gasteiger partial charge in [-0.05, 0) is 39.5 Å². The fraction of sp³-hybridized carbons (Fsp3) is 0.842. The number of nitrogens with two attached hydrogens (primary N) is 1. The predicted octanol–water partition coefficient (Wildman–Crippen LogP) is 3.52. The number of nitrogens with zero attached hydrogens (tertiary/aromatic N) is 2. The minimum atomic E-state index is -2.66. The molecule has 2 rings (SSSR count). The molecule has 2 aliphatic rings. The van der Waals surface area contributed by atoms with E-state index in [9.17, 15) is 18.4 Å². The van der Waals surface area contributed by atoms with Crippen LogP contribution in [0.15, 0.2) is 5.16 Å². The molecule has 0 atom stereocenters. The quantitative estimate of drug-likeness (QED) is 0.335. The van der Waals surface area contributed by atoms with Crippen LogP contribution >= 0.6 is 0 Å². The Kier molecular flexibility index (Phi) is 6.25. The molecule has 0 bridgehead atoms. The number of amides is 1. The van der Waals surface area contributed by atoms with Gasteiger partial charge in [-0.25, -0.2) is 18.4 Å². The van der Waals surface area contributed by atoms with Gasteiger partial charge >= 0.3 is 12.1 Å². The monoisotopic (exact) mass is 403 g/mol. The van der Waals surface area contributed by atoms with Crippen LogP contribution < -0.4 is 5.73 Å². The van der Waals surface area contributed by atoms with Gasteiger partial charge in [0, 0.05) is 31.8 Å². The maximum absolute atomic E-state index is 13.3. The van der Waals surface area contributed by atoms with Crippen LogP contribution in [0, 0.1) is 17.3 Å². The van der Waals surface area contributed by atoms with Gasteiger partial charge in [0.05, 0.1) is 0 Å². The van der Waals surface area contributed by atoms with Crippen LogP contribution in [0.1, 0.15) is 60.3 Å². The Morgan fingerprint density at radius 1 is 1.18 bits per heavy atom. The summed E-state index contributed by atoms with van der Waals surface area (Å²) in [5, 5.41) is 3.72. The molecule has 7 nitrogen and oxygen atoms in total. The minimum Gasteiger partial charge on any atom is -0.444 e. The number of hydrogen-bond acceptors (Lipinski definition) is 5. The van der Waals surface area contributed by atoms with Crippen LogP contribution in [-0.2, 0) is 14.4 Å². The molecule has 1 saturated carbocycles. The lowest BCUT2D eigenvalue weighted by Gasteiger charge is -2.49. The first-order valence-corrected chi connectivity index (χ1v) is 9.66. The van der Waals surface area contributed by atoms with Gasteiger partial charge in [0.15, 0.2) is 0 Å². The van der Waals surface area contributed by atoms with E-state index >= 15 is 0 Å². The maximum Gasteiger partial charge on any atom is 0.410 e. The van der Waals surface area contributed by atoms with Gasteiger partial charge in [0.2, 0.25) is 5.92 Å². The fourth-order valence-electron chi connectivity index (χ4n) is 3.42. The largest absolute Gasteiger partial charge is 0.444 e. The van der Waals surface area contributed by atoms with Crippen LogP contribution in [0.3, 0.4) is 0 Å². The Morgan fingerprint density at radius 2 is 1.71 bits per heavy atom. The van der Waals surface area contributed by atoms with Crippen molar-refractivity contribution in [2.24, 2.45) is 28.1 Å². The molecule has 1 aliphatic heterocycles. The summed E-state index contributed by atoms with van der Waals surface area (Å²) in [5.74, 6) is -3.59. The fourth-order valence-corrected chi connectivity index (χ4v) is 3.42. The predicted molar refractivity (Wildman–Crippen MR) is 99.7 cm³/mol. The number of amidine groups is 1. The van der Waals surface area contributed by atoms with Crippen molar-refractivity contribution in [1.82, 2.24) is 4.90 Å². The third kappa shape index (κ3) is 5.11. The number of carbonyl (C=O) groups is 2. The molecule has 2 N–H and O–H groups in total. The molecular weight excluding hydrogens is 372 g/mol. The number of likely N-dealkylation sites (tertiary alicyclic amines) is 1. The van der Waals surface area contributed by atoms with E-state index in [1.54, 1.807) is 20.8 Å². The smallest absolute Gasteiger partial charge is 0.410 e. The van der Waals surface area contributed by atoms with E-state index in [0.717, 1.165) is 0 Å². The van der Waals surface area contributed by atoms with Gasteiger partial charge in [-0.1, -0.05) is 19.0 Å². The normalized spacial score (nSPS) is 22.6. The van der Waals surface area contributed by atoms with Crippen molar-refractivity contribution in [3.05, 3.63) is 0 Å². The Morgan fingerprint density at radius 3 is 2.18 bits per heavy atom.